The lowest BCUT2D eigenvalue weighted by atomic mass is 9.69. The van der Waals surface area contributed by atoms with Crippen LogP contribution in [0.5, 0.6) is 17.2 Å². The van der Waals surface area contributed by atoms with E-state index in [9.17, 15) is 5.11 Å². The molecule has 2 bridgehead atoms. The highest BCUT2D eigenvalue weighted by Crippen LogP contribution is 2.46. The topological polar surface area (TPSA) is 80.6 Å². The van der Waals surface area contributed by atoms with Crippen molar-refractivity contribution < 1.29 is 19.0 Å². The SMILES string of the molecule is BC1(B)Oc2ccc(-c3ccc(-c4ncc(N(C5CC5)[C@@H]5C[C@H]6CCC[C@H](C6)[C@@H]5F)nn4)c(O)c3)cc2O1. The predicted octanol–water partition coefficient (Wildman–Crippen LogP) is 3.45. The van der Waals surface area contributed by atoms with Crippen LogP contribution in [0, 0.1) is 11.8 Å². The zero-order valence-electron chi connectivity index (χ0n) is 21.8. The van der Waals surface area contributed by atoms with Gasteiger partial charge in [0.1, 0.15) is 11.9 Å². The molecule has 194 valence electrons. The number of alkyl halides is 1. The Balaban J connectivity index is 1.13. The number of hydrogen-bond donors (Lipinski definition) is 1. The Hall–Kier alpha value is -3.29. The fraction of sp³-hybridized carbons (Fsp3) is 0.464. The fourth-order valence-electron chi connectivity index (χ4n) is 6.68. The molecular formula is C28H31B2FN4O3. The van der Waals surface area contributed by atoms with Gasteiger partial charge in [-0.3, -0.25) is 0 Å². The predicted molar refractivity (Wildman–Crippen MR) is 148 cm³/mol. The van der Waals surface area contributed by atoms with Crippen molar-refractivity contribution in [2.45, 2.75) is 68.8 Å². The summed E-state index contributed by atoms with van der Waals surface area (Å²) in [6.45, 7) is 0. The van der Waals surface area contributed by atoms with Crippen molar-refractivity contribution in [2.24, 2.45) is 11.8 Å². The summed E-state index contributed by atoms with van der Waals surface area (Å²) in [7, 11) is 3.74. The van der Waals surface area contributed by atoms with E-state index < -0.39 is 11.8 Å². The molecule has 10 heteroatoms. The highest BCUT2D eigenvalue weighted by Gasteiger charge is 2.47. The normalized spacial score (nSPS) is 27.2. The van der Waals surface area contributed by atoms with E-state index in [0.717, 1.165) is 49.7 Å². The number of benzene rings is 2. The lowest BCUT2D eigenvalue weighted by molar-refractivity contribution is 0.0631. The van der Waals surface area contributed by atoms with Crippen LogP contribution in [-0.2, 0) is 0 Å². The van der Waals surface area contributed by atoms with Gasteiger partial charge in [-0.15, -0.1) is 10.2 Å². The summed E-state index contributed by atoms with van der Waals surface area (Å²) in [4.78, 5) is 6.73. The summed E-state index contributed by atoms with van der Waals surface area (Å²) in [6, 6.07) is 11.3. The number of aromatic hydroxyl groups is 1. The number of halogens is 1. The minimum atomic E-state index is -0.826. The van der Waals surface area contributed by atoms with Gasteiger partial charge in [0.15, 0.2) is 44.4 Å². The first kappa shape index (κ1) is 23.8. The second-order valence-corrected chi connectivity index (χ2v) is 11.8. The van der Waals surface area contributed by atoms with E-state index in [1.165, 1.54) is 6.42 Å². The lowest BCUT2D eigenvalue weighted by Gasteiger charge is -2.46. The summed E-state index contributed by atoms with van der Waals surface area (Å²) in [5, 5.41) is 19.7. The molecule has 38 heavy (non-hydrogen) atoms. The molecule has 7 nitrogen and oxygen atoms in total. The van der Waals surface area contributed by atoms with Gasteiger partial charge >= 0.3 is 0 Å². The third kappa shape index (κ3) is 4.28. The first-order valence-corrected chi connectivity index (χ1v) is 13.8. The van der Waals surface area contributed by atoms with Crippen molar-refractivity contribution in [3.8, 4) is 39.8 Å². The Labute approximate surface area is 223 Å². The van der Waals surface area contributed by atoms with Gasteiger partial charge < -0.3 is 19.5 Å². The van der Waals surface area contributed by atoms with Crippen LogP contribution in [0.4, 0.5) is 10.2 Å². The summed E-state index contributed by atoms with van der Waals surface area (Å²) in [5.74, 6) is 3.21. The molecule has 3 aromatic rings. The molecule has 0 spiro atoms. The van der Waals surface area contributed by atoms with E-state index in [4.69, 9.17) is 9.47 Å². The maximum atomic E-state index is 15.6. The highest BCUT2D eigenvalue weighted by molar-refractivity contribution is 6.38. The third-order valence-corrected chi connectivity index (χ3v) is 8.55. The Bertz CT molecular complexity index is 1370. The molecule has 7 rings (SSSR count). The number of rotatable bonds is 5. The van der Waals surface area contributed by atoms with E-state index in [2.05, 4.69) is 20.1 Å². The number of phenolic OH excluding ortho intramolecular Hbond substituents is 1. The maximum Gasteiger partial charge on any atom is 0.197 e. The largest absolute Gasteiger partial charge is 0.507 e. The van der Waals surface area contributed by atoms with Crippen molar-refractivity contribution in [1.82, 2.24) is 15.2 Å². The Morgan fingerprint density at radius 1 is 0.947 bits per heavy atom. The van der Waals surface area contributed by atoms with Crippen LogP contribution in [0.2, 0.25) is 0 Å². The van der Waals surface area contributed by atoms with Crippen molar-refractivity contribution in [2.75, 3.05) is 4.90 Å². The lowest BCUT2D eigenvalue weighted by Crippen LogP contribution is -2.52. The van der Waals surface area contributed by atoms with Crippen LogP contribution in [0.25, 0.3) is 22.5 Å². The quantitative estimate of drug-likeness (QED) is 0.525. The molecule has 2 aromatic carbocycles. The first-order chi connectivity index (χ1) is 18.3. The van der Waals surface area contributed by atoms with E-state index >= 15 is 4.39 Å². The number of ether oxygens (including phenoxy) is 2. The Morgan fingerprint density at radius 2 is 1.74 bits per heavy atom. The molecule has 1 aromatic heterocycles. The number of nitrogens with zero attached hydrogens (tertiary/aromatic N) is 4. The summed E-state index contributed by atoms with van der Waals surface area (Å²) < 4.78 is 27.2. The molecule has 3 fully saturated rings. The number of anilines is 1. The van der Waals surface area contributed by atoms with Crippen LogP contribution in [-0.4, -0.2) is 59.8 Å². The maximum absolute atomic E-state index is 15.6. The standard InChI is InChI=1S/C28H31B2FN4O3/c29-28(30)37-23-9-5-17(13-24(23)38-28)16-4-8-20(22(36)12-16)27-32-14-25(33-34-27)35(19-6-7-19)21-11-15-2-1-3-18(10-15)26(21)31/h4-5,8-9,12-15,18-19,21,26,36H,1-3,6-7,10-11,29-30H2/t15-,18+,21+,26-/m0/s1. The summed E-state index contributed by atoms with van der Waals surface area (Å²) >= 11 is 0. The zero-order valence-corrected chi connectivity index (χ0v) is 21.8. The average Bonchev–Trinajstić information content (AvgIpc) is 3.68. The molecule has 3 aliphatic carbocycles. The Kier molecular flexibility index (Phi) is 5.57. The van der Waals surface area contributed by atoms with Gasteiger partial charge in [-0.2, -0.15) is 0 Å². The zero-order chi connectivity index (χ0) is 26.0. The van der Waals surface area contributed by atoms with Gasteiger partial charge in [0.05, 0.1) is 17.8 Å². The summed E-state index contributed by atoms with van der Waals surface area (Å²) in [5.41, 5.74) is 1.55. The molecule has 0 saturated heterocycles. The minimum absolute atomic E-state index is 0.0676. The minimum Gasteiger partial charge on any atom is -0.507 e. The van der Waals surface area contributed by atoms with Crippen molar-refractivity contribution >= 4 is 21.5 Å². The molecule has 0 amide bonds. The van der Waals surface area contributed by atoms with Gasteiger partial charge in [0.2, 0.25) is 0 Å². The second kappa shape index (κ2) is 8.89. The van der Waals surface area contributed by atoms with E-state index in [1.807, 2.05) is 40.0 Å². The fourth-order valence-corrected chi connectivity index (χ4v) is 6.68. The van der Waals surface area contributed by atoms with Gasteiger partial charge in [0, 0.05) is 6.04 Å². The van der Waals surface area contributed by atoms with Gasteiger partial charge in [0.25, 0.3) is 0 Å². The van der Waals surface area contributed by atoms with E-state index in [1.54, 1.807) is 18.3 Å². The van der Waals surface area contributed by atoms with Gasteiger partial charge in [-0.25, -0.2) is 9.37 Å². The number of phenols is 1. The van der Waals surface area contributed by atoms with Gasteiger partial charge in [-0.05, 0) is 79.3 Å². The molecule has 1 aliphatic heterocycles. The number of fused-ring (bicyclic) bond motifs is 3. The molecule has 0 unspecified atom stereocenters. The van der Waals surface area contributed by atoms with Crippen LogP contribution < -0.4 is 14.4 Å². The highest BCUT2D eigenvalue weighted by atomic mass is 19.1. The molecule has 1 N–H and O–H groups in total. The Morgan fingerprint density at radius 3 is 2.50 bits per heavy atom. The molecule has 3 saturated carbocycles. The molecule has 4 aliphatic rings. The average molecular weight is 512 g/mol. The monoisotopic (exact) mass is 512 g/mol. The van der Waals surface area contributed by atoms with E-state index in [-0.39, 0.29) is 17.7 Å². The van der Waals surface area contributed by atoms with Crippen molar-refractivity contribution in [1.29, 1.82) is 0 Å². The smallest absolute Gasteiger partial charge is 0.197 e. The number of hydrogen-bond acceptors (Lipinski definition) is 7. The van der Waals surface area contributed by atoms with E-state index in [0.29, 0.717) is 40.7 Å². The number of aromatic nitrogens is 3. The van der Waals surface area contributed by atoms with Crippen LogP contribution in [0.3, 0.4) is 0 Å². The van der Waals surface area contributed by atoms with Gasteiger partial charge in [-0.1, -0.05) is 25.0 Å². The van der Waals surface area contributed by atoms with Crippen LogP contribution in [0.15, 0.2) is 42.6 Å². The first-order valence-electron chi connectivity index (χ1n) is 13.8. The molecule has 2 heterocycles. The van der Waals surface area contributed by atoms with Crippen LogP contribution >= 0.6 is 0 Å². The molecule has 4 atom stereocenters. The second-order valence-electron chi connectivity index (χ2n) is 11.8. The molecule has 0 radical (unpaired) electrons. The molecular weight excluding hydrogens is 481 g/mol. The van der Waals surface area contributed by atoms with Crippen molar-refractivity contribution in [3.63, 3.8) is 0 Å². The van der Waals surface area contributed by atoms with Crippen molar-refractivity contribution in [3.05, 3.63) is 42.6 Å². The van der Waals surface area contributed by atoms with Crippen LogP contribution in [0.1, 0.15) is 44.9 Å². The third-order valence-electron chi connectivity index (χ3n) is 8.55. The summed E-state index contributed by atoms with van der Waals surface area (Å²) in [6.07, 6.45) is 8.25.